The second-order valence-corrected chi connectivity index (χ2v) is 5.16. The molecular formula is C13H20N4O3. The molecule has 1 aliphatic rings. The minimum absolute atomic E-state index is 0.00336. The summed E-state index contributed by atoms with van der Waals surface area (Å²) < 4.78 is 1.29. The Kier molecular flexibility index (Phi) is 4.39. The van der Waals surface area contributed by atoms with Crippen molar-refractivity contribution >= 4 is 17.6 Å². The van der Waals surface area contributed by atoms with Crippen molar-refractivity contribution in [3.8, 4) is 0 Å². The lowest BCUT2D eigenvalue weighted by Crippen LogP contribution is -2.44. The average molecular weight is 280 g/mol. The van der Waals surface area contributed by atoms with Gasteiger partial charge in [0.1, 0.15) is 6.54 Å². The fraction of sp³-hybridized carbons (Fsp3) is 0.615. The molecule has 0 saturated carbocycles. The van der Waals surface area contributed by atoms with E-state index in [1.807, 2.05) is 6.92 Å². The summed E-state index contributed by atoms with van der Waals surface area (Å²) in [6.45, 7) is 3.51. The van der Waals surface area contributed by atoms with Crippen molar-refractivity contribution in [3.63, 3.8) is 0 Å². The number of carboxylic acid groups (broad SMARTS) is 1. The number of anilines is 1. The van der Waals surface area contributed by atoms with Crippen LogP contribution in [-0.2, 0) is 16.1 Å². The normalized spacial score (nSPS) is 17.6. The van der Waals surface area contributed by atoms with Gasteiger partial charge in [-0.1, -0.05) is 6.92 Å². The van der Waals surface area contributed by atoms with Gasteiger partial charge in [-0.15, -0.1) is 0 Å². The molecule has 7 nitrogen and oxygen atoms in total. The quantitative estimate of drug-likeness (QED) is 0.737. The van der Waals surface area contributed by atoms with Crippen LogP contribution >= 0.6 is 0 Å². The molecule has 20 heavy (non-hydrogen) atoms. The van der Waals surface area contributed by atoms with Crippen LogP contribution in [0.5, 0.6) is 0 Å². The van der Waals surface area contributed by atoms with Gasteiger partial charge in [0.2, 0.25) is 5.91 Å². The summed E-state index contributed by atoms with van der Waals surface area (Å²) in [6.07, 6.45) is 5.45. The summed E-state index contributed by atoms with van der Waals surface area (Å²) in [4.78, 5) is 23.0. The molecule has 0 aromatic carbocycles. The van der Waals surface area contributed by atoms with Crippen LogP contribution in [0.3, 0.4) is 0 Å². The predicted molar refractivity (Wildman–Crippen MR) is 73.3 cm³/mol. The number of aliphatic carboxylic acids is 1. The molecule has 1 aliphatic heterocycles. The first-order valence-electron chi connectivity index (χ1n) is 6.82. The molecule has 2 heterocycles. The highest BCUT2D eigenvalue weighted by atomic mass is 16.4. The Balaban J connectivity index is 2.02. The van der Waals surface area contributed by atoms with Gasteiger partial charge in [0, 0.05) is 6.20 Å². The minimum Gasteiger partial charge on any atom is -0.480 e. The molecule has 1 amide bonds. The number of hydrogen-bond acceptors (Lipinski definition) is 4. The Bertz CT molecular complexity index is 492. The number of piperidine rings is 1. The van der Waals surface area contributed by atoms with Crippen LogP contribution in [0.4, 0.5) is 5.69 Å². The van der Waals surface area contributed by atoms with Crippen LogP contribution in [0.15, 0.2) is 12.4 Å². The third-order valence-electron chi connectivity index (χ3n) is 3.91. The molecule has 1 aromatic rings. The number of hydrogen-bond donors (Lipinski definition) is 3. The first-order chi connectivity index (χ1) is 9.55. The highest BCUT2D eigenvalue weighted by Crippen LogP contribution is 2.33. The van der Waals surface area contributed by atoms with E-state index < -0.39 is 5.97 Å². The summed E-state index contributed by atoms with van der Waals surface area (Å²) in [5.41, 5.74) is 0.211. The average Bonchev–Trinajstić information content (AvgIpc) is 2.85. The van der Waals surface area contributed by atoms with Crippen molar-refractivity contribution in [1.82, 2.24) is 15.1 Å². The van der Waals surface area contributed by atoms with E-state index in [1.165, 1.54) is 17.1 Å². The number of nitrogens with one attached hydrogen (secondary N) is 2. The van der Waals surface area contributed by atoms with E-state index in [0.717, 1.165) is 32.4 Å². The van der Waals surface area contributed by atoms with Crippen LogP contribution in [-0.4, -0.2) is 39.9 Å². The van der Waals surface area contributed by atoms with Gasteiger partial charge in [-0.3, -0.25) is 14.3 Å². The van der Waals surface area contributed by atoms with Crippen molar-refractivity contribution in [3.05, 3.63) is 12.4 Å². The highest BCUT2D eigenvalue weighted by molar-refractivity contribution is 5.95. The molecule has 3 N–H and O–H groups in total. The van der Waals surface area contributed by atoms with Gasteiger partial charge < -0.3 is 15.7 Å². The topological polar surface area (TPSA) is 96.2 Å². The summed E-state index contributed by atoms with van der Waals surface area (Å²) >= 11 is 0. The van der Waals surface area contributed by atoms with E-state index in [0.29, 0.717) is 5.69 Å². The van der Waals surface area contributed by atoms with Crippen LogP contribution in [0.25, 0.3) is 0 Å². The Hall–Kier alpha value is -1.89. The number of rotatable bonds is 5. The Labute approximate surface area is 117 Å². The number of carboxylic acids is 1. The van der Waals surface area contributed by atoms with Gasteiger partial charge in [-0.05, 0) is 32.4 Å². The summed E-state index contributed by atoms with van der Waals surface area (Å²) in [5.74, 6) is -0.967. The first kappa shape index (κ1) is 14.5. The van der Waals surface area contributed by atoms with Gasteiger partial charge in [-0.2, -0.15) is 5.10 Å². The van der Waals surface area contributed by atoms with E-state index in [2.05, 4.69) is 15.7 Å². The molecule has 0 bridgehead atoms. The molecule has 0 spiro atoms. The van der Waals surface area contributed by atoms with E-state index in [-0.39, 0.29) is 17.9 Å². The fourth-order valence-corrected chi connectivity index (χ4v) is 2.56. The molecule has 110 valence electrons. The molecule has 0 aliphatic carbocycles. The minimum atomic E-state index is -0.964. The second kappa shape index (κ2) is 6.04. The molecular weight excluding hydrogens is 260 g/mol. The third kappa shape index (κ3) is 3.16. The zero-order valence-electron chi connectivity index (χ0n) is 11.6. The molecule has 0 radical (unpaired) electrons. The number of nitrogens with zero attached hydrogens (tertiary/aromatic N) is 2. The summed E-state index contributed by atoms with van der Waals surface area (Å²) in [7, 11) is 0. The van der Waals surface area contributed by atoms with Crippen molar-refractivity contribution in [2.75, 3.05) is 18.4 Å². The zero-order valence-corrected chi connectivity index (χ0v) is 11.6. The molecule has 1 fully saturated rings. The highest BCUT2D eigenvalue weighted by Gasteiger charge is 2.37. The molecule has 1 saturated heterocycles. The van der Waals surface area contributed by atoms with Crippen molar-refractivity contribution in [2.24, 2.45) is 5.41 Å². The number of carbonyl (C=O) groups excluding carboxylic acids is 1. The van der Waals surface area contributed by atoms with Crippen LogP contribution in [0, 0.1) is 5.41 Å². The number of amides is 1. The maximum absolute atomic E-state index is 12.5. The SMILES string of the molecule is CCC1(C(=O)Nc2cnn(CC(=O)O)c2)CCNCC1. The van der Waals surface area contributed by atoms with Crippen LogP contribution in [0.1, 0.15) is 26.2 Å². The maximum Gasteiger partial charge on any atom is 0.325 e. The lowest BCUT2D eigenvalue weighted by Gasteiger charge is -2.35. The van der Waals surface area contributed by atoms with Crippen molar-refractivity contribution < 1.29 is 14.7 Å². The number of carbonyl (C=O) groups is 2. The summed E-state index contributed by atoms with van der Waals surface area (Å²) in [5, 5.41) is 18.7. The van der Waals surface area contributed by atoms with Crippen molar-refractivity contribution in [2.45, 2.75) is 32.7 Å². The van der Waals surface area contributed by atoms with Gasteiger partial charge >= 0.3 is 5.97 Å². The summed E-state index contributed by atoms with van der Waals surface area (Å²) in [6, 6.07) is 0. The van der Waals surface area contributed by atoms with Crippen molar-refractivity contribution in [1.29, 1.82) is 0 Å². The largest absolute Gasteiger partial charge is 0.480 e. The van der Waals surface area contributed by atoms with E-state index >= 15 is 0 Å². The first-order valence-corrected chi connectivity index (χ1v) is 6.82. The van der Waals surface area contributed by atoms with Gasteiger partial charge in [0.15, 0.2) is 0 Å². The smallest absolute Gasteiger partial charge is 0.325 e. The van der Waals surface area contributed by atoms with Crippen LogP contribution < -0.4 is 10.6 Å². The Morgan fingerprint density at radius 1 is 1.50 bits per heavy atom. The number of aromatic nitrogens is 2. The Morgan fingerprint density at radius 2 is 2.20 bits per heavy atom. The predicted octanol–water partition coefficient (Wildman–Crippen LogP) is 0.686. The lowest BCUT2D eigenvalue weighted by atomic mass is 9.76. The molecule has 1 aromatic heterocycles. The Morgan fingerprint density at radius 3 is 2.80 bits per heavy atom. The standard InChI is InChI=1S/C13H20N4O3/c1-2-13(3-5-14-6-4-13)12(20)16-10-7-15-17(8-10)9-11(18)19/h7-8,14H,2-6,9H2,1H3,(H,16,20)(H,18,19). The molecule has 2 rings (SSSR count). The monoisotopic (exact) mass is 280 g/mol. The van der Waals surface area contributed by atoms with E-state index in [4.69, 9.17) is 5.11 Å². The van der Waals surface area contributed by atoms with Gasteiger partial charge in [-0.25, -0.2) is 0 Å². The van der Waals surface area contributed by atoms with Crippen LogP contribution in [0.2, 0.25) is 0 Å². The van der Waals surface area contributed by atoms with E-state index in [9.17, 15) is 9.59 Å². The van der Waals surface area contributed by atoms with E-state index in [1.54, 1.807) is 0 Å². The fourth-order valence-electron chi connectivity index (χ4n) is 2.56. The van der Waals surface area contributed by atoms with Gasteiger partial charge in [0.05, 0.1) is 17.3 Å². The molecule has 0 atom stereocenters. The molecule has 0 unspecified atom stereocenters. The lowest BCUT2D eigenvalue weighted by molar-refractivity contribution is -0.137. The third-order valence-corrected chi connectivity index (χ3v) is 3.91. The molecule has 7 heteroatoms. The second-order valence-electron chi connectivity index (χ2n) is 5.16. The maximum atomic E-state index is 12.5. The zero-order chi connectivity index (χ0) is 14.6. The van der Waals surface area contributed by atoms with Gasteiger partial charge in [0.25, 0.3) is 0 Å².